The number of hydrogen-bond acceptors (Lipinski definition) is 2. The van der Waals surface area contributed by atoms with Crippen LogP contribution in [-0.2, 0) is 10.2 Å². The zero-order valence-electron chi connectivity index (χ0n) is 9.99. The van der Waals surface area contributed by atoms with Crippen LogP contribution in [0.3, 0.4) is 0 Å². The fraction of sp³-hybridized carbons (Fsp3) is 1.00. The van der Waals surface area contributed by atoms with Gasteiger partial charge in [-0.1, -0.05) is 6.42 Å². The first-order valence-electron chi connectivity index (χ1n) is 6.17. The molecule has 0 aromatic carbocycles. The third kappa shape index (κ3) is 2.65. The molecule has 2 aliphatic heterocycles. The lowest BCUT2D eigenvalue weighted by molar-refractivity contribution is -0.177. The Morgan fingerprint density at radius 2 is 1.50 bits per heavy atom. The summed E-state index contributed by atoms with van der Waals surface area (Å²) in [6, 6.07) is -1.85. The van der Waals surface area contributed by atoms with Crippen LogP contribution in [0.25, 0.3) is 0 Å². The molecule has 106 valence electrons. The molecule has 0 N–H and O–H groups in total. The summed E-state index contributed by atoms with van der Waals surface area (Å²) in [5.41, 5.74) is 0. The average molecular weight is 286 g/mol. The van der Waals surface area contributed by atoms with Gasteiger partial charge >= 0.3 is 6.18 Å². The smallest absolute Gasteiger partial charge is 0.195 e. The lowest BCUT2D eigenvalue weighted by atomic mass is 10.1. The van der Waals surface area contributed by atoms with Crippen molar-refractivity contribution in [3.63, 3.8) is 0 Å². The van der Waals surface area contributed by atoms with Crippen LogP contribution in [0.2, 0.25) is 0 Å². The van der Waals surface area contributed by atoms with E-state index >= 15 is 0 Å². The molecule has 2 heterocycles. The highest BCUT2D eigenvalue weighted by molar-refractivity contribution is 7.86. The Kier molecular flexibility index (Phi) is 3.89. The van der Waals surface area contributed by atoms with Gasteiger partial charge in [-0.05, 0) is 25.7 Å². The highest BCUT2D eigenvalue weighted by Crippen LogP contribution is 2.34. The number of hydrogen-bond donors (Lipinski definition) is 0. The first-order chi connectivity index (χ1) is 8.33. The lowest BCUT2D eigenvalue weighted by Crippen LogP contribution is -2.55. The van der Waals surface area contributed by atoms with Crippen LogP contribution >= 0.6 is 0 Å². The van der Waals surface area contributed by atoms with Crippen molar-refractivity contribution in [3.05, 3.63) is 0 Å². The van der Waals surface area contributed by atoms with Gasteiger partial charge in [-0.2, -0.15) is 30.2 Å². The Balaban J connectivity index is 2.23. The Labute approximate surface area is 105 Å². The summed E-state index contributed by atoms with van der Waals surface area (Å²) < 4.78 is 64.9. The van der Waals surface area contributed by atoms with Gasteiger partial charge in [0.15, 0.2) is 0 Å². The number of rotatable bonds is 2. The summed E-state index contributed by atoms with van der Waals surface area (Å²) in [6.07, 6.45) is -2.23. The zero-order valence-corrected chi connectivity index (χ0v) is 10.8. The molecule has 8 heteroatoms. The van der Waals surface area contributed by atoms with Gasteiger partial charge in [0, 0.05) is 19.6 Å². The van der Waals surface area contributed by atoms with Crippen molar-refractivity contribution >= 4 is 10.2 Å². The topological polar surface area (TPSA) is 40.6 Å². The number of nitrogens with zero attached hydrogens (tertiary/aromatic N) is 2. The number of alkyl halides is 3. The summed E-state index contributed by atoms with van der Waals surface area (Å²) in [7, 11) is -3.95. The minimum atomic E-state index is -4.48. The van der Waals surface area contributed by atoms with Crippen LogP contribution in [0, 0.1) is 0 Å². The van der Waals surface area contributed by atoms with Crippen molar-refractivity contribution in [1.29, 1.82) is 0 Å². The highest BCUT2D eigenvalue weighted by atomic mass is 32.2. The van der Waals surface area contributed by atoms with E-state index in [9.17, 15) is 21.6 Å². The molecule has 1 atom stereocenters. The largest absolute Gasteiger partial charge is 0.405 e. The summed E-state index contributed by atoms with van der Waals surface area (Å²) in [5.74, 6) is 0. The molecule has 0 amide bonds. The molecule has 2 rings (SSSR count). The highest BCUT2D eigenvalue weighted by Gasteiger charge is 2.50. The fourth-order valence-electron chi connectivity index (χ4n) is 2.58. The minimum absolute atomic E-state index is 0.0248. The molecule has 0 bridgehead atoms. The molecule has 0 radical (unpaired) electrons. The van der Waals surface area contributed by atoms with Gasteiger partial charge in [0.25, 0.3) is 10.2 Å². The van der Waals surface area contributed by atoms with E-state index in [1.807, 2.05) is 0 Å². The summed E-state index contributed by atoms with van der Waals surface area (Å²) in [4.78, 5) is 0. The summed E-state index contributed by atoms with van der Waals surface area (Å²) >= 11 is 0. The third-order valence-electron chi connectivity index (χ3n) is 3.52. The van der Waals surface area contributed by atoms with Crippen LogP contribution in [0.15, 0.2) is 0 Å². The molecule has 2 fully saturated rings. The van der Waals surface area contributed by atoms with Crippen LogP contribution in [0.4, 0.5) is 13.2 Å². The van der Waals surface area contributed by atoms with Crippen molar-refractivity contribution in [2.75, 3.05) is 19.6 Å². The van der Waals surface area contributed by atoms with Crippen molar-refractivity contribution in [1.82, 2.24) is 8.61 Å². The molecule has 0 aromatic rings. The molecule has 0 aromatic heterocycles. The van der Waals surface area contributed by atoms with Crippen molar-refractivity contribution in [2.45, 2.75) is 44.3 Å². The van der Waals surface area contributed by atoms with E-state index in [1.165, 1.54) is 4.31 Å². The Bertz CT molecular complexity index is 390. The molecular weight excluding hydrogens is 269 g/mol. The normalized spacial score (nSPS) is 28.7. The second kappa shape index (κ2) is 4.97. The van der Waals surface area contributed by atoms with E-state index in [0.29, 0.717) is 30.2 Å². The second-order valence-corrected chi connectivity index (χ2v) is 6.66. The maximum Gasteiger partial charge on any atom is 0.405 e. The van der Waals surface area contributed by atoms with Crippen LogP contribution in [0.1, 0.15) is 32.1 Å². The molecule has 0 saturated carbocycles. The maximum absolute atomic E-state index is 12.9. The Hall–Kier alpha value is -0.340. The molecule has 0 spiro atoms. The van der Waals surface area contributed by atoms with Crippen LogP contribution < -0.4 is 0 Å². The molecule has 0 aliphatic carbocycles. The first-order valence-corrected chi connectivity index (χ1v) is 7.57. The Morgan fingerprint density at radius 1 is 0.944 bits per heavy atom. The molecular formula is C10H17F3N2O2S. The predicted molar refractivity (Wildman–Crippen MR) is 60.1 cm³/mol. The summed E-state index contributed by atoms with van der Waals surface area (Å²) in [6.45, 7) is 0.649. The third-order valence-corrected chi connectivity index (χ3v) is 5.57. The zero-order chi connectivity index (χ0) is 13.4. The van der Waals surface area contributed by atoms with E-state index in [4.69, 9.17) is 0 Å². The Morgan fingerprint density at radius 3 is 2.06 bits per heavy atom. The fourth-order valence-corrected chi connectivity index (χ4v) is 4.50. The minimum Gasteiger partial charge on any atom is -0.195 e. The number of piperidine rings is 1. The summed E-state index contributed by atoms with van der Waals surface area (Å²) in [5, 5.41) is 0. The quantitative estimate of drug-likeness (QED) is 0.776. The van der Waals surface area contributed by atoms with Gasteiger partial charge in [-0.25, -0.2) is 0 Å². The molecule has 2 aliphatic rings. The lowest BCUT2D eigenvalue weighted by Gasteiger charge is -2.37. The van der Waals surface area contributed by atoms with Crippen molar-refractivity contribution in [2.24, 2.45) is 0 Å². The number of halogens is 3. The monoisotopic (exact) mass is 286 g/mol. The van der Waals surface area contributed by atoms with E-state index in [0.717, 1.165) is 12.8 Å². The average Bonchev–Trinajstić information content (AvgIpc) is 2.82. The predicted octanol–water partition coefficient (Wildman–Crippen LogP) is 1.74. The second-order valence-electron chi connectivity index (χ2n) is 4.78. The van der Waals surface area contributed by atoms with Gasteiger partial charge in [0.05, 0.1) is 0 Å². The van der Waals surface area contributed by atoms with Gasteiger partial charge < -0.3 is 0 Å². The van der Waals surface area contributed by atoms with E-state index in [-0.39, 0.29) is 13.0 Å². The maximum atomic E-state index is 12.9. The van der Waals surface area contributed by atoms with E-state index < -0.39 is 22.4 Å². The van der Waals surface area contributed by atoms with Crippen LogP contribution in [0.5, 0.6) is 0 Å². The molecule has 2 saturated heterocycles. The molecule has 4 nitrogen and oxygen atoms in total. The van der Waals surface area contributed by atoms with E-state index in [1.54, 1.807) is 0 Å². The van der Waals surface area contributed by atoms with Gasteiger partial charge in [0.2, 0.25) is 0 Å². The standard InChI is InChI=1S/C10H17F3N2O2S/c11-10(12,13)9-5-1-2-8-15(9)18(16,17)14-6-3-4-7-14/h9H,1-8H2. The molecule has 18 heavy (non-hydrogen) atoms. The SMILES string of the molecule is O=S(=O)(N1CCCC1)N1CCCCC1C(F)(F)F. The molecule has 1 unspecified atom stereocenters. The first kappa shape index (κ1) is 14.1. The van der Waals surface area contributed by atoms with Crippen molar-refractivity contribution in [3.8, 4) is 0 Å². The van der Waals surface area contributed by atoms with E-state index in [2.05, 4.69) is 0 Å². The van der Waals surface area contributed by atoms with Crippen LogP contribution in [-0.4, -0.2) is 48.9 Å². The van der Waals surface area contributed by atoms with Crippen molar-refractivity contribution < 1.29 is 21.6 Å². The van der Waals surface area contributed by atoms with Gasteiger partial charge in [-0.3, -0.25) is 0 Å². The van der Waals surface area contributed by atoms with Gasteiger partial charge in [-0.15, -0.1) is 0 Å². The van der Waals surface area contributed by atoms with Gasteiger partial charge in [0.1, 0.15) is 6.04 Å².